The van der Waals surface area contributed by atoms with Crippen LogP contribution in [0.15, 0.2) is 60.7 Å². The van der Waals surface area contributed by atoms with E-state index in [4.69, 9.17) is 0 Å². The second-order valence-corrected chi connectivity index (χ2v) is 11.1. The van der Waals surface area contributed by atoms with Crippen LogP contribution >= 0.6 is 0 Å². The van der Waals surface area contributed by atoms with Gasteiger partial charge in [-0.05, 0) is 63.6 Å². The second-order valence-electron chi connectivity index (χ2n) is 11.1. The van der Waals surface area contributed by atoms with E-state index in [-0.39, 0.29) is 30.4 Å². The highest BCUT2D eigenvalue weighted by molar-refractivity contribution is 5.92. The summed E-state index contributed by atoms with van der Waals surface area (Å²) >= 11 is 0. The van der Waals surface area contributed by atoms with Crippen molar-refractivity contribution in [2.75, 3.05) is 13.6 Å². The summed E-state index contributed by atoms with van der Waals surface area (Å²) in [6.45, 7) is 10.00. The Morgan fingerprint density at radius 3 is 1.60 bits per heavy atom. The van der Waals surface area contributed by atoms with E-state index in [0.717, 1.165) is 36.8 Å². The molecule has 0 fully saturated rings. The van der Waals surface area contributed by atoms with Crippen LogP contribution in [0.3, 0.4) is 0 Å². The van der Waals surface area contributed by atoms with Crippen LogP contribution in [-0.2, 0) is 36.8 Å². The topological polar surface area (TPSA) is 154 Å². The Bertz CT molecular complexity index is 1180. The molecule has 2 aromatic rings. The van der Waals surface area contributed by atoms with E-state index in [1.165, 1.54) is 0 Å². The van der Waals surface area contributed by atoms with Crippen molar-refractivity contribution in [2.45, 2.75) is 123 Å². The number of amides is 3. The Balaban J connectivity index is 0.00000531. The molecule has 0 aliphatic heterocycles. The van der Waals surface area contributed by atoms with Gasteiger partial charge in [0.15, 0.2) is 0 Å². The SMILES string of the molecule is CC.CC.CNC(Cc1ccccc1)C(=O)NC(Cc1ccccc1)C(=O)NC(CCCCNC(=O)CCCCCCC(C)=O)C(=O)O. The van der Waals surface area contributed by atoms with Crippen molar-refractivity contribution in [2.24, 2.45) is 0 Å². The molecule has 268 valence electrons. The van der Waals surface area contributed by atoms with Crippen LogP contribution in [0.25, 0.3) is 0 Å². The largest absolute Gasteiger partial charge is 0.480 e. The third kappa shape index (κ3) is 20.2. The maximum atomic E-state index is 13.4. The first-order valence-electron chi connectivity index (χ1n) is 17.5. The zero-order chi connectivity index (χ0) is 36.2. The smallest absolute Gasteiger partial charge is 0.326 e. The minimum atomic E-state index is -1.16. The molecule has 0 heterocycles. The molecule has 0 aliphatic carbocycles. The van der Waals surface area contributed by atoms with Crippen LogP contribution in [-0.4, -0.2) is 66.3 Å². The van der Waals surface area contributed by atoms with Gasteiger partial charge < -0.3 is 31.2 Å². The number of ketones is 1. The number of aliphatic carboxylic acids is 1. The third-order valence-electron chi connectivity index (χ3n) is 7.40. The molecule has 3 amide bonds. The zero-order valence-corrected chi connectivity index (χ0v) is 30.0. The summed E-state index contributed by atoms with van der Waals surface area (Å²) in [5, 5.41) is 21.1. The number of benzene rings is 2. The first-order valence-corrected chi connectivity index (χ1v) is 17.5. The van der Waals surface area contributed by atoms with E-state index < -0.39 is 30.0 Å². The lowest BCUT2D eigenvalue weighted by Gasteiger charge is -2.24. The van der Waals surface area contributed by atoms with E-state index in [2.05, 4.69) is 21.3 Å². The summed E-state index contributed by atoms with van der Waals surface area (Å²) < 4.78 is 0. The van der Waals surface area contributed by atoms with Crippen molar-refractivity contribution in [3.8, 4) is 0 Å². The van der Waals surface area contributed by atoms with E-state index in [0.29, 0.717) is 38.6 Å². The Labute approximate surface area is 288 Å². The minimum Gasteiger partial charge on any atom is -0.480 e. The van der Waals surface area contributed by atoms with E-state index in [1.807, 2.05) is 88.4 Å². The molecule has 0 radical (unpaired) electrons. The fourth-order valence-corrected chi connectivity index (χ4v) is 4.84. The minimum absolute atomic E-state index is 0.0497. The van der Waals surface area contributed by atoms with Crippen molar-refractivity contribution in [1.82, 2.24) is 21.3 Å². The fraction of sp³-hybridized carbons (Fsp3) is 0.553. The summed E-state index contributed by atoms with van der Waals surface area (Å²) in [5.74, 6) is -1.95. The molecule has 0 saturated heterocycles. The second kappa shape index (κ2) is 28.0. The molecular formula is C38H60N4O6. The van der Waals surface area contributed by atoms with E-state index in [9.17, 15) is 29.1 Å². The number of hydrogen-bond donors (Lipinski definition) is 5. The molecule has 10 heteroatoms. The first kappa shape index (κ1) is 43.9. The highest BCUT2D eigenvalue weighted by Crippen LogP contribution is 2.09. The molecule has 48 heavy (non-hydrogen) atoms. The number of unbranched alkanes of at least 4 members (excludes halogenated alkanes) is 4. The van der Waals surface area contributed by atoms with Crippen molar-refractivity contribution in [1.29, 1.82) is 0 Å². The summed E-state index contributed by atoms with van der Waals surface area (Å²) in [5.41, 5.74) is 1.80. The van der Waals surface area contributed by atoms with Gasteiger partial charge in [0, 0.05) is 25.8 Å². The average molecular weight is 669 g/mol. The molecule has 2 rings (SSSR count). The highest BCUT2D eigenvalue weighted by Gasteiger charge is 2.28. The molecule has 3 unspecified atom stereocenters. The van der Waals surface area contributed by atoms with Crippen LogP contribution in [0, 0.1) is 0 Å². The molecular weight excluding hydrogens is 608 g/mol. The summed E-state index contributed by atoms with van der Waals surface area (Å²) in [7, 11) is 1.68. The van der Waals surface area contributed by atoms with E-state index >= 15 is 0 Å². The third-order valence-corrected chi connectivity index (χ3v) is 7.40. The van der Waals surface area contributed by atoms with Crippen molar-refractivity contribution < 1.29 is 29.1 Å². The lowest BCUT2D eigenvalue weighted by atomic mass is 10.0. The van der Waals surface area contributed by atoms with Crippen molar-refractivity contribution in [3.05, 3.63) is 71.8 Å². The van der Waals surface area contributed by atoms with Crippen LogP contribution in [0.2, 0.25) is 0 Å². The number of carboxylic acid groups (broad SMARTS) is 1. The van der Waals surface area contributed by atoms with Crippen molar-refractivity contribution >= 4 is 29.5 Å². The van der Waals surface area contributed by atoms with Gasteiger partial charge in [-0.15, -0.1) is 0 Å². The molecule has 0 spiro atoms. The number of nitrogens with one attached hydrogen (secondary N) is 4. The predicted molar refractivity (Wildman–Crippen MR) is 193 cm³/mol. The van der Waals surface area contributed by atoms with Crippen LogP contribution in [0.4, 0.5) is 0 Å². The van der Waals surface area contributed by atoms with Crippen LogP contribution < -0.4 is 21.3 Å². The highest BCUT2D eigenvalue weighted by atomic mass is 16.4. The number of carbonyl (C=O) groups is 5. The zero-order valence-electron chi connectivity index (χ0n) is 30.0. The predicted octanol–water partition coefficient (Wildman–Crippen LogP) is 5.38. The van der Waals surface area contributed by atoms with Crippen LogP contribution in [0.5, 0.6) is 0 Å². The van der Waals surface area contributed by atoms with Crippen molar-refractivity contribution in [3.63, 3.8) is 0 Å². The molecule has 0 aliphatic rings. The number of Topliss-reactive ketones (excluding diaryl/α,β-unsaturated/α-hetero) is 1. The lowest BCUT2D eigenvalue weighted by molar-refractivity contribution is -0.142. The number of carbonyl (C=O) groups excluding carboxylic acids is 4. The molecule has 5 N–H and O–H groups in total. The number of rotatable bonds is 22. The summed E-state index contributed by atoms with van der Waals surface area (Å²) in [6, 6.07) is 16.1. The summed E-state index contributed by atoms with van der Waals surface area (Å²) in [4.78, 5) is 61.6. The standard InChI is InChI=1S/C34H48N4O6.2C2H6/c1-25(39)15-7-3-4-12-21-31(40)36-22-14-13-20-28(34(43)44)37-33(42)30(24-27-18-10-6-11-19-27)38-32(41)29(35-2)23-26-16-8-5-9-17-26;2*1-2/h5-6,8-11,16-19,28-30,35H,3-4,7,12-15,20-24H2,1-2H3,(H,36,40)(H,37,42)(H,38,41)(H,43,44);2*1-2H3. The van der Waals surface area contributed by atoms with E-state index in [1.54, 1.807) is 14.0 Å². The average Bonchev–Trinajstić information content (AvgIpc) is 3.10. The molecule has 10 nitrogen and oxygen atoms in total. The monoisotopic (exact) mass is 668 g/mol. The van der Waals surface area contributed by atoms with Gasteiger partial charge in [-0.3, -0.25) is 14.4 Å². The molecule has 0 bridgehead atoms. The van der Waals surface area contributed by atoms with Gasteiger partial charge >= 0.3 is 5.97 Å². The van der Waals surface area contributed by atoms with Gasteiger partial charge in [0.1, 0.15) is 17.9 Å². The van der Waals surface area contributed by atoms with Gasteiger partial charge in [0.25, 0.3) is 0 Å². The molecule has 0 saturated carbocycles. The van der Waals surface area contributed by atoms with Gasteiger partial charge in [-0.25, -0.2) is 4.79 Å². The maximum Gasteiger partial charge on any atom is 0.326 e. The van der Waals surface area contributed by atoms with Gasteiger partial charge in [-0.2, -0.15) is 0 Å². The maximum absolute atomic E-state index is 13.4. The normalized spacial score (nSPS) is 12.0. The lowest BCUT2D eigenvalue weighted by Crippen LogP contribution is -2.56. The quantitative estimate of drug-likeness (QED) is 0.106. The Hall–Kier alpha value is -4.05. The molecule has 0 aromatic heterocycles. The van der Waals surface area contributed by atoms with Gasteiger partial charge in [-0.1, -0.05) is 101 Å². The van der Waals surface area contributed by atoms with Gasteiger partial charge in [0.2, 0.25) is 17.7 Å². The number of carboxylic acids is 1. The molecule has 3 atom stereocenters. The first-order chi connectivity index (χ1) is 23.2. The Morgan fingerprint density at radius 1 is 0.625 bits per heavy atom. The van der Waals surface area contributed by atoms with Crippen LogP contribution in [0.1, 0.15) is 104 Å². The Morgan fingerprint density at radius 2 is 1.10 bits per heavy atom. The van der Waals surface area contributed by atoms with Gasteiger partial charge in [0.05, 0.1) is 6.04 Å². The number of hydrogen-bond acceptors (Lipinski definition) is 6. The summed E-state index contributed by atoms with van der Waals surface area (Å²) in [6.07, 6.45) is 6.31. The Kier molecular flexibility index (Phi) is 25.6. The molecule has 2 aromatic carbocycles. The fourth-order valence-electron chi connectivity index (χ4n) is 4.84. The number of likely N-dealkylation sites (N-methyl/N-ethyl adjacent to an activating group) is 1.